The van der Waals surface area contributed by atoms with Crippen LogP contribution in [0.2, 0.25) is 12.1 Å². The minimum Gasteiger partial charge on any atom is -1.00 e. The zero-order valence-corrected chi connectivity index (χ0v) is 18.5. The van der Waals surface area contributed by atoms with Crippen molar-refractivity contribution in [2.45, 2.75) is 39.3 Å². The van der Waals surface area contributed by atoms with E-state index in [1.54, 1.807) is 0 Å². The molecule has 0 nitrogen and oxygen atoms in total. The summed E-state index contributed by atoms with van der Waals surface area (Å²) in [6.45, 7) is 6.64. The van der Waals surface area contributed by atoms with Gasteiger partial charge in [0, 0.05) is 9.52 Å². The Balaban J connectivity index is -0.000000286. The smallest absolute Gasteiger partial charge is 1.00 e. The molecule has 2 rings (SSSR count). The quantitative estimate of drug-likeness (QED) is 0.379. The Kier molecular flexibility index (Phi) is 20.0. The first-order valence-corrected chi connectivity index (χ1v) is 7.58. The number of aryl methyl sites for hydroxylation is 1. The molecule has 0 bridgehead atoms. The summed E-state index contributed by atoms with van der Waals surface area (Å²) in [5, 5.41) is 2.73. The van der Waals surface area contributed by atoms with Crippen molar-refractivity contribution in [2.24, 2.45) is 0 Å². The average molecular weight is 480 g/mol. The summed E-state index contributed by atoms with van der Waals surface area (Å²) in [4.78, 5) is 0. The summed E-state index contributed by atoms with van der Waals surface area (Å²) < 4.78 is 0. The first kappa shape index (κ1) is 24.9. The standard InChI is InChI=1S/C11H11.C4H10Si.2BrH.Zr/c1-2-9-7-10-5-3-4-6-11(10)8-9;1-3-5-4-2;;;/h3-8H,2H2,1H3;3-4H2,1-2H3;2*1H;/q-1;;;;+3/p-2. The summed E-state index contributed by atoms with van der Waals surface area (Å²) in [7, 11) is 1.20. The van der Waals surface area contributed by atoms with E-state index in [4.69, 9.17) is 0 Å². The second-order valence-electron chi connectivity index (χ2n) is 3.80. The number of halogens is 2. The maximum Gasteiger partial charge on any atom is 3.00 e. The van der Waals surface area contributed by atoms with E-state index in [2.05, 4.69) is 57.2 Å². The summed E-state index contributed by atoms with van der Waals surface area (Å²) in [6, 6.07) is 15.8. The Morgan fingerprint density at radius 1 is 1.00 bits per heavy atom. The van der Waals surface area contributed by atoms with E-state index in [-0.39, 0.29) is 60.2 Å². The molecule has 0 aliphatic heterocycles. The van der Waals surface area contributed by atoms with Crippen LogP contribution in [0.5, 0.6) is 0 Å². The van der Waals surface area contributed by atoms with Crippen molar-refractivity contribution in [2.75, 3.05) is 0 Å². The summed E-state index contributed by atoms with van der Waals surface area (Å²) in [6.07, 6.45) is 1.13. The molecule has 0 saturated heterocycles. The number of hydrogen-bond acceptors (Lipinski definition) is 0. The molecular formula is C15H21Br2SiZr. The van der Waals surface area contributed by atoms with Crippen LogP contribution in [-0.2, 0) is 32.6 Å². The third-order valence-electron chi connectivity index (χ3n) is 2.59. The van der Waals surface area contributed by atoms with Gasteiger partial charge in [-0.05, 0) is 6.42 Å². The third kappa shape index (κ3) is 9.44. The zero-order valence-electron chi connectivity index (χ0n) is 11.8. The second-order valence-corrected chi connectivity index (χ2v) is 5.72. The maximum atomic E-state index is 2.26. The Morgan fingerprint density at radius 3 is 2.00 bits per heavy atom. The van der Waals surface area contributed by atoms with Gasteiger partial charge in [0.1, 0.15) is 0 Å². The van der Waals surface area contributed by atoms with E-state index in [1.165, 1.54) is 37.9 Å². The van der Waals surface area contributed by atoms with E-state index in [1.807, 2.05) is 0 Å². The van der Waals surface area contributed by atoms with Crippen LogP contribution in [0.1, 0.15) is 26.3 Å². The molecule has 0 fully saturated rings. The second kappa shape index (κ2) is 15.3. The van der Waals surface area contributed by atoms with Gasteiger partial charge in [0.15, 0.2) is 0 Å². The topological polar surface area (TPSA) is 0 Å². The molecule has 19 heavy (non-hydrogen) atoms. The van der Waals surface area contributed by atoms with Gasteiger partial charge in [-0.25, -0.2) is 0 Å². The minimum atomic E-state index is 0. The fourth-order valence-electron chi connectivity index (χ4n) is 1.67. The number of rotatable bonds is 3. The van der Waals surface area contributed by atoms with E-state index in [0.29, 0.717) is 0 Å². The van der Waals surface area contributed by atoms with Gasteiger partial charge in [0.05, 0.1) is 0 Å². The Labute approximate surface area is 160 Å². The van der Waals surface area contributed by atoms with Gasteiger partial charge in [0.2, 0.25) is 0 Å². The van der Waals surface area contributed by atoms with Crippen molar-refractivity contribution < 1.29 is 60.2 Å². The van der Waals surface area contributed by atoms with Crippen molar-refractivity contribution in [3.8, 4) is 0 Å². The molecule has 0 aromatic heterocycles. The number of fused-ring (bicyclic) bond motifs is 1. The van der Waals surface area contributed by atoms with Gasteiger partial charge in [-0.3, -0.25) is 0 Å². The Morgan fingerprint density at radius 2 is 1.58 bits per heavy atom. The molecular weight excluding hydrogens is 459 g/mol. The molecule has 0 amide bonds. The predicted octanol–water partition coefficient (Wildman–Crippen LogP) is -1.31. The summed E-state index contributed by atoms with van der Waals surface area (Å²) in [5.41, 5.74) is 1.44. The van der Waals surface area contributed by atoms with Gasteiger partial charge in [-0.15, -0.1) is 40.6 Å². The van der Waals surface area contributed by atoms with Crippen LogP contribution in [0.3, 0.4) is 0 Å². The molecule has 0 N–H and O–H groups in total. The monoisotopic (exact) mass is 477 g/mol. The maximum absolute atomic E-state index is 2.26. The Bertz CT molecular complexity index is 380. The molecule has 103 valence electrons. The number of hydrogen-bond donors (Lipinski definition) is 0. The first-order chi connectivity index (χ1) is 7.81. The van der Waals surface area contributed by atoms with E-state index in [9.17, 15) is 0 Å². The van der Waals surface area contributed by atoms with Crippen LogP contribution in [0.25, 0.3) is 10.8 Å². The molecule has 0 heterocycles. The molecule has 0 atom stereocenters. The Hall–Kier alpha value is 0.890. The van der Waals surface area contributed by atoms with E-state index >= 15 is 0 Å². The normalized spacial score (nSPS) is 8.37. The van der Waals surface area contributed by atoms with Crippen LogP contribution in [0, 0.1) is 0 Å². The fraction of sp³-hybridized carbons (Fsp3) is 0.400. The summed E-state index contributed by atoms with van der Waals surface area (Å²) >= 11 is 0. The molecule has 0 aliphatic carbocycles. The molecule has 2 aromatic rings. The fourth-order valence-corrected chi connectivity index (χ4v) is 2.17. The van der Waals surface area contributed by atoms with Crippen LogP contribution in [-0.4, -0.2) is 9.52 Å². The van der Waals surface area contributed by atoms with Crippen molar-refractivity contribution in [3.63, 3.8) is 0 Å². The van der Waals surface area contributed by atoms with E-state index in [0.717, 1.165) is 6.42 Å². The van der Waals surface area contributed by atoms with Crippen LogP contribution >= 0.6 is 0 Å². The van der Waals surface area contributed by atoms with Crippen LogP contribution in [0.15, 0.2) is 36.4 Å². The summed E-state index contributed by atoms with van der Waals surface area (Å²) in [5.74, 6) is 0. The van der Waals surface area contributed by atoms with Crippen molar-refractivity contribution in [1.29, 1.82) is 0 Å². The van der Waals surface area contributed by atoms with Crippen LogP contribution < -0.4 is 34.0 Å². The molecule has 0 saturated carbocycles. The molecule has 0 spiro atoms. The van der Waals surface area contributed by atoms with Crippen molar-refractivity contribution >= 4 is 20.3 Å². The van der Waals surface area contributed by atoms with E-state index < -0.39 is 0 Å². The number of benzene rings is 1. The first-order valence-electron chi connectivity index (χ1n) is 6.16. The van der Waals surface area contributed by atoms with Crippen molar-refractivity contribution in [1.82, 2.24) is 0 Å². The van der Waals surface area contributed by atoms with Crippen molar-refractivity contribution in [3.05, 3.63) is 42.0 Å². The molecule has 4 heteroatoms. The van der Waals surface area contributed by atoms with Crippen LogP contribution in [0.4, 0.5) is 0 Å². The van der Waals surface area contributed by atoms with Gasteiger partial charge < -0.3 is 34.0 Å². The average Bonchev–Trinajstić information content (AvgIpc) is 2.73. The van der Waals surface area contributed by atoms with Gasteiger partial charge in [-0.2, -0.15) is 6.07 Å². The van der Waals surface area contributed by atoms with Gasteiger partial charge >= 0.3 is 26.2 Å². The molecule has 0 unspecified atom stereocenters. The zero-order chi connectivity index (χ0) is 11.8. The van der Waals surface area contributed by atoms with Gasteiger partial charge in [-0.1, -0.05) is 38.9 Å². The molecule has 2 aromatic carbocycles. The third-order valence-corrected chi connectivity index (χ3v) is 3.59. The SMILES string of the molecule is CC[Si]CC.CCc1cc2ccccc2[cH-]1.[Br-].[Br-].[Zr+3]. The minimum absolute atomic E-state index is 0. The predicted molar refractivity (Wildman–Crippen MR) is 75.6 cm³/mol. The largest absolute Gasteiger partial charge is 3.00 e. The molecule has 0 aliphatic rings. The van der Waals surface area contributed by atoms with Gasteiger partial charge in [0.25, 0.3) is 0 Å². The molecule has 3 radical (unpaired) electrons.